The van der Waals surface area contributed by atoms with Gasteiger partial charge in [0.15, 0.2) is 0 Å². The molecule has 1 aliphatic heterocycles. The van der Waals surface area contributed by atoms with Gasteiger partial charge in [-0.25, -0.2) is 4.79 Å². The lowest BCUT2D eigenvalue weighted by molar-refractivity contribution is -0.244. The molecule has 3 rings (SSSR count). The standard InChI is InChI=1S/C20H23NO8/c1-10(23)21-15-17(25)16(24)14(9-22)28-20(15)29-18-12-6-4-3-5-11(12)7-8-13(18)19(26)27-2/h3-8,14-17,20,22,24-25H,9H2,1-2H3,(H,21,23)/t14-,15-,16-,17-,20+/m1/s1. The molecule has 0 aliphatic carbocycles. The first kappa shape index (κ1) is 21.0. The van der Waals surface area contributed by atoms with Crippen molar-refractivity contribution in [2.45, 2.75) is 37.6 Å². The zero-order chi connectivity index (χ0) is 21.1. The molecule has 1 amide bonds. The minimum atomic E-state index is -1.47. The largest absolute Gasteiger partial charge is 0.465 e. The summed E-state index contributed by atoms with van der Waals surface area (Å²) in [7, 11) is 1.24. The van der Waals surface area contributed by atoms with Gasteiger partial charge in [0, 0.05) is 12.3 Å². The van der Waals surface area contributed by atoms with E-state index in [1.54, 1.807) is 18.2 Å². The van der Waals surface area contributed by atoms with Crippen molar-refractivity contribution in [3.63, 3.8) is 0 Å². The van der Waals surface area contributed by atoms with Crippen LogP contribution >= 0.6 is 0 Å². The molecule has 0 radical (unpaired) electrons. The van der Waals surface area contributed by atoms with E-state index in [4.69, 9.17) is 14.2 Å². The summed E-state index contributed by atoms with van der Waals surface area (Å²) < 4.78 is 16.4. The summed E-state index contributed by atoms with van der Waals surface area (Å²) in [5, 5.41) is 33.9. The van der Waals surface area contributed by atoms with Crippen LogP contribution in [0.1, 0.15) is 17.3 Å². The summed E-state index contributed by atoms with van der Waals surface area (Å²) in [6.07, 6.45) is -5.34. The summed E-state index contributed by atoms with van der Waals surface area (Å²) in [5.74, 6) is -0.987. The third-order valence-corrected chi connectivity index (χ3v) is 4.77. The minimum absolute atomic E-state index is 0.123. The highest BCUT2D eigenvalue weighted by atomic mass is 16.7. The number of amides is 1. The van der Waals surface area contributed by atoms with Gasteiger partial charge in [-0.2, -0.15) is 0 Å². The summed E-state index contributed by atoms with van der Waals surface area (Å²) in [6.45, 7) is 0.663. The molecular formula is C20H23NO8. The summed E-state index contributed by atoms with van der Waals surface area (Å²) >= 11 is 0. The lowest BCUT2D eigenvalue weighted by Gasteiger charge is -2.42. The number of hydrogen-bond acceptors (Lipinski definition) is 8. The lowest BCUT2D eigenvalue weighted by atomic mass is 9.96. The summed E-state index contributed by atoms with van der Waals surface area (Å²) in [4.78, 5) is 23.9. The van der Waals surface area contributed by atoms with Crippen molar-refractivity contribution in [3.8, 4) is 5.75 Å². The summed E-state index contributed by atoms with van der Waals surface area (Å²) in [6, 6.07) is 9.27. The van der Waals surface area contributed by atoms with Gasteiger partial charge in [0.2, 0.25) is 12.2 Å². The molecule has 2 aromatic rings. The Morgan fingerprint density at radius 1 is 1.14 bits per heavy atom. The van der Waals surface area contributed by atoms with Crippen LogP contribution < -0.4 is 10.1 Å². The molecule has 0 unspecified atom stereocenters. The van der Waals surface area contributed by atoms with E-state index in [1.165, 1.54) is 20.1 Å². The van der Waals surface area contributed by atoms with Gasteiger partial charge in [0.25, 0.3) is 0 Å². The van der Waals surface area contributed by atoms with Crippen LogP contribution in [-0.2, 0) is 14.3 Å². The fourth-order valence-corrected chi connectivity index (χ4v) is 3.33. The highest BCUT2D eigenvalue weighted by Gasteiger charge is 2.46. The molecule has 4 N–H and O–H groups in total. The maximum absolute atomic E-state index is 12.3. The second kappa shape index (κ2) is 8.75. The first-order valence-corrected chi connectivity index (χ1v) is 9.03. The van der Waals surface area contributed by atoms with Crippen LogP contribution in [0.5, 0.6) is 5.75 Å². The second-order valence-electron chi connectivity index (χ2n) is 6.71. The number of aliphatic hydroxyl groups is 3. The van der Waals surface area contributed by atoms with Crippen LogP contribution in [0.3, 0.4) is 0 Å². The fraction of sp³-hybridized carbons (Fsp3) is 0.400. The van der Waals surface area contributed by atoms with E-state index in [9.17, 15) is 24.9 Å². The molecule has 0 aromatic heterocycles. The number of aliphatic hydroxyl groups excluding tert-OH is 3. The maximum Gasteiger partial charge on any atom is 0.341 e. The van der Waals surface area contributed by atoms with Crippen molar-refractivity contribution >= 4 is 22.6 Å². The molecule has 2 aromatic carbocycles. The van der Waals surface area contributed by atoms with Gasteiger partial charge in [-0.3, -0.25) is 4.79 Å². The van der Waals surface area contributed by atoms with Crippen LogP contribution in [0.15, 0.2) is 36.4 Å². The number of benzene rings is 2. The van der Waals surface area contributed by atoms with Gasteiger partial charge in [-0.15, -0.1) is 0 Å². The van der Waals surface area contributed by atoms with E-state index in [0.717, 1.165) is 5.39 Å². The number of fused-ring (bicyclic) bond motifs is 1. The molecule has 9 nitrogen and oxygen atoms in total. The predicted molar refractivity (Wildman–Crippen MR) is 101 cm³/mol. The predicted octanol–water partition coefficient (Wildman–Crippen LogP) is -0.0511. The Labute approximate surface area is 166 Å². The average Bonchev–Trinajstić information content (AvgIpc) is 2.72. The molecule has 1 aliphatic rings. The normalized spacial score (nSPS) is 26.7. The van der Waals surface area contributed by atoms with Gasteiger partial charge in [0.05, 0.1) is 13.7 Å². The van der Waals surface area contributed by atoms with Crippen molar-refractivity contribution < 1.29 is 39.1 Å². The number of nitrogens with one attached hydrogen (secondary N) is 1. The van der Waals surface area contributed by atoms with Crippen LogP contribution in [0.2, 0.25) is 0 Å². The monoisotopic (exact) mass is 405 g/mol. The smallest absolute Gasteiger partial charge is 0.341 e. The highest BCUT2D eigenvalue weighted by Crippen LogP contribution is 2.33. The van der Waals surface area contributed by atoms with E-state index in [0.29, 0.717) is 5.39 Å². The molecule has 0 spiro atoms. The topological polar surface area (TPSA) is 135 Å². The van der Waals surface area contributed by atoms with Crippen LogP contribution in [-0.4, -0.2) is 71.6 Å². The number of esters is 1. The maximum atomic E-state index is 12.3. The van der Waals surface area contributed by atoms with E-state index < -0.39 is 49.1 Å². The first-order valence-electron chi connectivity index (χ1n) is 9.03. The lowest BCUT2D eigenvalue weighted by Crippen LogP contribution is -2.65. The van der Waals surface area contributed by atoms with Gasteiger partial charge in [-0.1, -0.05) is 30.3 Å². The van der Waals surface area contributed by atoms with Gasteiger partial charge < -0.3 is 34.8 Å². The van der Waals surface area contributed by atoms with Crippen LogP contribution in [0.25, 0.3) is 10.8 Å². The minimum Gasteiger partial charge on any atom is -0.465 e. The average molecular weight is 405 g/mol. The zero-order valence-electron chi connectivity index (χ0n) is 15.9. The SMILES string of the molecule is COC(=O)c1ccc2ccccc2c1O[C@@H]1O[C@H](CO)[C@@H](O)[C@H](O)[C@H]1NC(C)=O. The summed E-state index contributed by atoms with van der Waals surface area (Å²) in [5.41, 5.74) is 0.123. The van der Waals surface area contributed by atoms with E-state index in [2.05, 4.69) is 5.32 Å². The van der Waals surface area contributed by atoms with Gasteiger partial charge >= 0.3 is 5.97 Å². The van der Waals surface area contributed by atoms with E-state index in [-0.39, 0.29) is 11.3 Å². The van der Waals surface area contributed by atoms with Crippen molar-refractivity contribution in [2.24, 2.45) is 0 Å². The van der Waals surface area contributed by atoms with Gasteiger partial charge in [0.1, 0.15) is 35.7 Å². The molecule has 1 heterocycles. The van der Waals surface area contributed by atoms with Crippen molar-refractivity contribution in [3.05, 3.63) is 42.0 Å². The van der Waals surface area contributed by atoms with Gasteiger partial charge in [-0.05, 0) is 11.5 Å². The third-order valence-electron chi connectivity index (χ3n) is 4.77. The van der Waals surface area contributed by atoms with Crippen LogP contribution in [0.4, 0.5) is 0 Å². The van der Waals surface area contributed by atoms with E-state index >= 15 is 0 Å². The first-order chi connectivity index (χ1) is 13.9. The number of rotatable bonds is 5. The molecule has 156 valence electrons. The quantitative estimate of drug-likeness (QED) is 0.509. The van der Waals surface area contributed by atoms with Crippen LogP contribution in [0, 0.1) is 0 Å². The molecule has 9 heteroatoms. The van der Waals surface area contributed by atoms with E-state index in [1.807, 2.05) is 12.1 Å². The highest BCUT2D eigenvalue weighted by molar-refractivity contribution is 6.01. The number of ether oxygens (including phenoxy) is 3. The molecule has 0 saturated carbocycles. The zero-order valence-corrected chi connectivity index (χ0v) is 15.9. The fourth-order valence-electron chi connectivity index (χ4n) is 3.33. The Balaban J connectivity index is 2.06. The Morgan fingerprint density at radius 2 is 1.86 bits per heavy atom. The molecule has 0 bridgehead atoms. The molecule has 5 atom stereocenters. The van der Waals surface area contributed by atoms with Crippen molar-refractivity contribution in [2.75, 3.05) is 13.7 Å². The third kappa shape index (κ3) is 4.18. The Bertz CT molecular complexity index is 901. The Kier molecular flexibility index (Phi) is 6.33. The Hall–Kier alpha value is -2.72. The molecular weight excluding hydrogens is 382 g/mol. The Morgan fingerprint density at radius 3 is 2.52 bits per heavy atom. The molecule has 1 fully saturated rings. The molecule has 1 saturated heterocycles. The van der Waals surface area contributed by atoms with Crippen molar-refractivity contribution in [1.29, 1.82) is 0 Å². The second-order valence-corrected chi connectivity index (χ2v) is 6.71. The molecule has 29 heavy (non-hydrogen) atoms. The number of hydrogen-bond donors (Lipinski definition) is 4. The van der Waals surface area contributed by atoms with Crippen molar-refractivity contribution in [1.82, 2.24) is 5.32 Å². The number of carbonyl (C=O) groups is 2. The number of methoxy groups -OCH3 is 1. The number of carbonyl (C=O) groups excluding carboxylic acids is 2.